The first-order chi connectivity index (χ1) is 8.20. The number of nitrogens with two attached hydrogens (primary N) is 1. The minimum absolute atomic E-state index is 0.383. The summed E-state index contributed by atoms with van der Waals surface area (Å²) < 4.78 is 6.52. The summed E-state index contributed by atoms with van der Waals surface area (Å²) in [5.74, 6) is 1.12. The second kappa shape index (κ2) is 5.61. The lowest BCUT2D eigenvalue weighted by atomic mass is 10.2. The zero-order valence-electron chi connectivity index (χ0n) is 8.73. The average Bonchev–Trinajstić information content (AvgIpc) is 2.32. The molecule has 1 aromatic heterocycles. The molecule has 4 nitrogen and oxygen atoms in total. The number of nitrogens with zero attached hydrogens (tertiary/aromatic N) is 2. The van der Waals surface area contributed by atoms with E-state index in [-0.39, 0.29) is 0 Å². The lowest BCUT2D eigenvalue weighted by molar-refractivity contribution is 0.452. The van der Waals surface area contributed by atoms with Crippen molar-refractivity contribution in [3.63, 3.8) is 0 Å². The number of benzene rings is 1. The molecule has 0 amide bonds. The molecule has 2 aromatic rings. The Morgan fingerprint density at radius 2 is 2.24 bits per heavy atom. The van der Waals surface area contributed by atoms with Crippen molar-refractivity contribution in [1.29, 1.82) is 0 Å². The van der Waals surface area contributed by atoms with Crippen LogP contribution in [-0.4, -0.2) is 9.97 Å². The molecule has 0 fully saturated rings. The Hall–Kier alpha value is -0.920. The minimum Gasteiger partial charge on any atom is -0.437 e. The smallest absolute Gasteiger partial charge is 0.235 e. The largest absolute Gasteiger partial charge is 0.437 e. The van der Waals surface area contributed by atoms with E-state index < -0.39 is 0 Å². The van der Waals surface area contributed by atoms with Gasteiger partial charge in [-0.25, -0.2) is 9.97 Å². The average molecular weight is 362 g/mol. The molecule has 88 valence electrons. The van der Waals surface area contributed by atoms with Crippen molar-refractivity contribution in [2.24, 2.45) is 5.73 Å². The highest BCUT2D eigenvalue weighted by Gasteiger charge is 2.08. The molecule has 17 heavy (non-hydrogen) atoms. The molecule has 0 aliphatic rings. The molecule has 0 aliphatic heterocycles. The van der Waals surface area contributed by atoms with Crippen molar-refractivity contribution in [3.8, 4) is 11.6 Å². The van der Waals surface area contributed by atoms with Gasteiger partial charge in [-0.15, -0.1) is 0 Å². The maximum Gasteiger partial charge on any atom is 0.235 e. The Labute approximate surface area is 117 Å². The maximum atomic E-state index is 5.92. The van der Waals surface area contributed by atoms with Gasteiger partial charge in [0.05, 0.1) is 3.57 Å². The van der Waals surface area contributed by atoms with Crippen LogP contribution in [0.4, 0.5) is 0 Å². The third-order valence-corrected chi connectivity index (χ3v) is 3.06. The van der Waals surface area contributed by atoms with Gasteiger partial charge in [-0.05, 0) is 34.7 Å². The third-order valence-electron chi connectivity index (χ3n) is 2.09. The van der Waals surface area contributed by atoms with Crippen LogP contribution in [0.2, 0.25) is 5.02 Å². The number of aromatic nitrogens is 2. The number of halogens is 2. The van der Waals surface area contributed by atoms with E-state index in [9.17, 15) is 0 Å². The SMILES string of the molecule is NCc1ccc(Cl)cc1Oc1ncncc1I. The van der Waals surface area contributed by atoms with Crippen molar-refractivity contribution >= 4 is 34.2 Å². The molecule has 2 rings (SSSR count). The molecule has 0 unspecified atom stereocenters. The molecule has 0 atom stereocenters. The van der Waals surface area contributed by atoms with Gasteiger partial charge >= 0.3 is 0 Å². The van der Waals surface area contributed by atoms with Gasteiger partial charge in [0.15, 0.2) is 0 Å². The first-order valence-electron chi connectivity index (χ1n) is 4.82. The van der Waals surface area contributed by atoms with Gasteiger partial charge < -0.3 is 10.5 Å². The van der Waals surface area contributed by atoms with E-state index in [4.69, 9.17) is 22.1 Å². The third kappa shape index (κ3) is 3.05. The lowest BCUT2D eigenvalue weighted by Gasteiger charge is -2.10. The quantitative estimate of drug-likeness (QED) is 0.854. The number of hydrogen-bond donors (Lipinski definition) is 1. The molecule has 1 heterocycles. The summed E-state index contributed by atoms with van der Waals surface area (Å²) in [5.41, 5.74) is 6.51. The van der Waals surface area contributed by atoms with Gasteiger partial charge in [-0.2, -0.15) is 0 Å². The Kier molecular flexibility index (Phi) is 4.14. The van der Waals surface area contributed by atoms with Crippen LogP contribution in [0, 0.1) is 3.57 Å². The zero-order chi connectivity index (χ0) is 12.3. The van der Waals surface area contributed by atoms with Crippen LogP contribution >= 0.6 is 34.2 Å². The van der Waals surface area contributed by atoms with Crippen LogP contribution in [0.25, 0.3) is 0 Å². The normalized spacial score (nSPS) is 10.3. The molecular weight excluding hydrogens is 352 g/mol. The predicted molar refractivity (Wildman–Crippen MR) is 74.2 cm³/mol. The van der Waals surface area contributed by atoms with Crippen LogP contribution < -0.4 is 10.5 Å². The Balaban J connectivity index is 2.35. The van der Waals surface area contributed by atoms with Gasteiger partial charge in [0.25, 0.3) is 0 Å². The van der Waals surface area contributed by atoms with Crippen molar-refractivity contribution in [1.82, 2.24) is 9.97 Å². The molecule has 0 aliphatic carbocycles. The summed E-state index contributed by atoms with van der Waals surface area (Å²) in [7, 11) is 0. The predicted octanol–water partition coefficient (Wildman–Crippen LogP) is 2.99. The molecule has 0 saturated heterocycles. The monoisotopic (exact) mass is 361 g/mol. The fourth-order valence-corrected chi connectivity index (χ4v) is 1.84. The lowest BCUT2D eigenvalue weighted by Crippen LogP contribution is -2.00. The molecule has 1 aromatic carbocycles. The fraction of sp³-hybridized carbons (Fsp3) is 0.0909. The second-order valence-corrected chi connectivity index (χ2v) is 4.83. The van der Waals surface area contributed by atoms with E-state index in [0.717, 1.165) is 9.13 Å². The first-order valence-corrected chi connectivity index (χ1v) is 6.28. The van der Waals surface area contributed by atoms with E-state index in [1.165, 1.54) is 6.33 Å². The highest BCUT2D eigenvalue weighted by Crippen LogP contribution is 2.29. The molecule has 0 saturated carbocycles. The van der Waals surface area contributed by atoms with Crippen LogP contribution in [0.5, 0.6) is 11.6 Å². The topological polar surface area (TPSA) is 61.0 Å². The zero-order valence-corrected chi connectivity index (χ0v) is 11.6. The summed E-state index contributed by atoms with van der Waals surface area (Å²) in [6.45, 7) is 0.383. The van der Waals surface area contributed by atoms with E-state index in [2.05, 4.69) is 32.6 Å². The molecule has 0 bridgehead atoms. The van der Waals surface area contributed by atoms with Gasteiger partial charge in [-0.3, -0.25) is 0 Å². The standard InChI is InChI=1S/C11H9ClIN3O/c12-8-2-1-7(4-14)10(3-8)17-11-9(13)5-15-6-16-11/h1-3,5-6H,4,14H2. The molecule has 2 N–H and O–H groups in total. The Morgan fingerprint density at radius 1 is 1.41 bits per heavy atom. The second-order valence-electron chi connectivity index (χ2n) is 3.23. The number of ether oxygens (including phenoxy) is 1. The Morgan fingerprint density at radius 3 is 2.94 bits per heavy atom. The number of rotatable bonds is 3. The summed E-state index contributed by atoms with van der Waals surface area (Å²) in [4.78, 5) is 7.95. The number of hydrogen-bond acceptors (Lipinski definition) is 4. The van der Waals surface area contributed by atoms with Crippen molar-refractivity contribution in [2.75, 3.05) is 0 Å². The molecule has 6 heteroatoms. The van der Waals surface area contributed by atoms with Gasteiger partial charge in [0, 0.05) is 23.3 Å². The minimum atomic E-state index is 0.383. The van der Waals surface area contributed by atoms with Gasteiger partial charge in [-0.1, -0.05) is 17.7 Å². The highest BCUT2D eigenvalue weighted by molar-refractivity contribution is 14.1. The summed E-state index contributed by atoms with van der Waals surface area (Å²) in [5, 5.41) is 0.598. The first kappa shape index (κ1) is 12.5. The van der Waals surface area contributed by atoms with E-state index in [1.54, 1.807) is 18.3 Å². The molecule has 0 spiro atoms. The van der Waals surface area contributed by atoms with E-state index >= 15 is 0 Å². The van der Waals surface area contributed by atoms with Crippen LogP contribution in [0.1, 0.15) is 5.56 Å². The van der Waals surface area contributed by atoms with Crippen LogP contribution in [0.15, 0.2) is 30.7 Å². The van der Waals surface area contributed by atoms with Crippen LogP contribution in [0.3, 0.4) is 0 Å². The van der Waals surface area contributed by atoms with Crippen molar-refractivity contribution < 1.29 is 4.74 Å². The molecule has 0 radical (unpaired) electrons. The highest BCUT2D eigenvalue weighted by atomic mass is 127. The maximum absolute atomic E-state index is 5.92. The summed E-state index contributed by atoms with van der Waals surface area (Å²) in [6.07, 6.45) is 3.11. The fourth-order valence-electron chi connectivity index (χ4n) is 1.27. The Bertz CT molecular complexity index is 536. The van der Waals surface area contributed by atoms with Gasteiger partial charge in [0.1, 0.15) is 12.1 Å². The van der Waals surface area contributed by atoms with E-state index in [1.807, 2.05) is 6.07 Å². The van der Waals surface area contributed by atoms with Crippen molar-refractivity contribution in [2.45, 2.75) is 6.54 Å². The van der Waals surface area contributed by atoms with Gasteiger partial charge in [0.2, 0.25) is 5.88 Å². The molecular formula is C11H9ClIN3O. The summed E-state index contributed by atoms with van der Waals surface area (Å²) in [6, 6.07) is 5.34. The van der Waals surface area contributed by atoms with Crippen molar-refractivity contribution in [3.05, 3.63) is 44.9 Å². The summed E-state index contributed by atoms with van der Waals surface area (Å²) >= 11 is 8.03. The van der Waals surface area contributed by atoms with Crippen LogP contribution in [-0.2, 0) is 6.54 Å². The van der Waals surface area contributed by atoms with E-state index in [0.29, 0.717) is 23.2 Å².